The zero-order valence-corrected chi connectivity index (χ0v) is 12.2. The fraction of sp³-hybridized carbons (Fsp3) is 0.357. The average Bonchev–Trinajstić information content (AvgIpc) is 2.95. The molecule has 3 nitrogen and oxygen atoms in total. The van der Waals surface area contributed by atoms with Crippen LogP contribution < -0.4 is 5.32 Å². The molecule has 0 saturated carbocycles. The summed E-state index contributed by atoms with van der Waals surface area (Å²) in [6, 6.07) is 5.61. The molecule has 0 atom stereocenters. The first-order valence-electron chi connectivity index (χ1n) is 6.47. The number of nitrogens with zero attached hydrogens (tertiary/aromatic N) is 1. The molecule has 0 aliphatic carbocycles. The van der Waals surface area contributed by atoms with E-state index in [9.17, 15) is 13.2 Å². The predicted octanol–water partition coefficient (Wildman–Crippen LogP) is 4.81. The minimum absolute atomic E-state index is 0.244. The number of nitrogens with one attached hydrogen (secondary N) is 1. The number of aromatic nitrogens is 1. The highest BCUT2D eigenvalue weighted by molar-refractivity contribution is 7.98. The van der Waals surface area contributed by atoms with Gasteiger partial charge in [-0.3, -0.25) is 0 Å². The van der Waals surface area contributed by atoms with Crippen LogP contribution in [0, 0.1) is 0 Å². The van der Waals surface area contributed by atoms with Crippen molar-refractivity contribution in [2.24, 2.45) is 0 Å². The van der Waals surface area contributed by atoms with Gasteiger partial charge in [0.1, 0.15) is 11.6 Å². The maximum absolute atomic E-state index is 12.9. The maximum atomic E-state index is 12.9. The molecule has 1 N–H and O–H groups in total. The third-order valence-corrected chi connectivity index (χ3v) is 3.56. The van der Waals surface area contributed by atoms with Gasteiger partial charge in [0, 0.05) is 6.54 Å². The molecule has 2 rings (SSSR count). The molecule has 0 aromatic carbocycles. The van der Waals surface area contributed by atoms with Crippen molar-refractivity contribution in [2.75, 3.05) is 11.9 Å². The number of halogens is 3. The Morgan fingerprint density at radius 1 is 1.33 bits per heavy atom. The number of thioether (sulfide) groups is 1. The van der Waals surface area contributed by atoms with Crippen LogP contribution in [0.3, 0.4) is 0 Å². The van der Waals surface area contributed by atoms with Gasteiger partial charge in [-0.15, -0.1) is 0 Å². The first-order valence-corrected chi connectivity index (χ1v) is 7.46. The van der Waals surface area contributed by atoms with E-state index in [2.05, 4.69) is 10.3 Å². The molecule has 0 aliphatic rings. The predicted molar refractivity (Wildman–Crippen MR) is 76.3 cm³/mol. The van der Waals surface area contributed by atoms with E-state index >= 15 is 0 Å². The number of alkyl halides is 3. The number of rotatable bonds is 6. The Labute approximate surface area is 124 Å². The van der Waals surface area contributed by atoms with E-state index < -0.39 is 11.7 Å². The Balaban J connectivity index is 2.17. The minimum atomic E-state index is -4.38. The SMILES string of the molecule is CCCNc1cc(C(F)(F)F)cc(SCc2ccco2)n1. The molecular formula is C14H15F3N2OS. The van der Waals surface area contributed by atoms with E-state index in [-0.39, 0.29) is 5.82 Å². The Morgan fingerprint density at radius 2 is 2.14 bits per heavy atom. The van der Waals surface area contributed by atoms with Gasteiger partial charge < -0.3 is 9.73 Å². The molecule has 0 aliphatic heterocycles. The fourth-order valence-electron chi connectivity index (χ4n) is 1.63. The summed E-state index contributed by atoms with van der Waals surface area (Å²) in [6.45, 7) is 2.52. The largest absolute Gasteiger partial charge is 0.468 e. The molecule has 2 aromatic heterocycles. The summed E-state index contributed by atoms with van der Waals surface area (Å²) in [5.74, 6) is 1.38. The number of hydrogen-bond donors (Lipinski definition) is 1. The van der Waals surface area contributed by atoms with E-state index in [1.807, 2.05) is 6.92 Å². The van der Waals surface area contributed by atoms with Crippen LogP contribution in [0.4, 0.5) is 19.0 Å². The topological polar surface area (TPSA) is 38.1 Å². The molecule has 0 unspecified atom stereocenters. The first kappa shape index (κ1) is 15.8. The molecule has 2 aromatic rings. The quantitative estimate of drug-likeness (QED) is 0.776. The molecule has 0 bridgehead atoms. The first-order chi connectivity index (χ1) is 9.99. The zero-order valence-electron chi connectivity index (χ0n) is 11.4. The monoisotopic (exact) mass is 316 g/mol. The van der Waals surface area contributed by atoms with Crippen molar-refractivity contribution < 1.29 is 17.6 Å². The summed E-state index contributed by atoms with van der Waals surface area (Å²) in [7, 11) is 0. The van der Waals surface area contributed by atoms with E-state index in [1.165, 1.54) is 18.0 Å². The van der Waals surface area contributed by atoms with E-state index in [0.717, 1.165) is 18.6 Å². The van der Waals surface area contributed by atoms with E-state index in [1.54, 1.807) is 12.1 Å². The van der Waals surface area contributed by atoms with Gasteiger partial charge in [0.15, 0.2) is 0 Å². The zero-order chi connectivity index (χ0) is 15.3. The number of furan rings is 1. The highest BCUT2D eigenvalue weighted by atomic mass is 32.2. The molecule has 0 saturated heterocycles. The van der Waals surface area contributed by atoms with Crippen LogP contribution >= 0.6 is 11.8 Å². The number of hydrogen-bond acceptors (Lipinski definition) is 4. The van der Waals surface area contributed by atoms with Crippen molar-refractivity contribution in [3.05, 3.63) is 41.9 Å². The van der Waals surface area contributed by atoms with Crippen molar-refractivity contribution in [1.82, 2.24) is 4.98 Å². The van der Waals surface area contributed by atoms with Crippen molar-refractivity contribution in [1.29, 1.82) is 0 Å². The maximum Gasteiger partial charge on any atom is 0.416 e. The normalized spacial score (nSPS) is 11.6. The van der Waals surface area contributed by atoms with Crippen molar-refractivity contribution in [3.63, 3.8) is 0 Å². The Kier molecular flexibility index (Phi) is 5.17. The molecule has 21 heavy (non-hydrogen) atoms. The molecule has 7 heteroatoms. The highest BCUT2D eigenvalue weighted by Crippen LogP contribution is 2.33. The fourth-order valence-corrected chi connectivity index (χ4v) is 2.45. The summed E-state index contributed by atoms with van der Waals surface area (Å²) in [6.07, 6.45) is -2.04. The molecular weight excluding hydrogens is 301 g/mol. The lowest BCUT2D eigenvalue weighted by molar-refractivity contribution is -0.137. The Hall–Kier alpha value is -1.63. The lowest BCUT2D eigenvalue weighted by Gasteiger charge is -2.12. The van der Waals surface area contributed by atoms with Gasteiger partial charge in [0.05, 0.1) is 22.6 Å². The molecule has 0 fully saturated rings. The van der Waals surface area contributed by atoms with Gasteiger partial charge in [0.25, 0.3) is 0 Å². The summed E-state index contributed by atoms with van der Waals surface area (Å²) in [4.78, 5) is 4.19. The molecule has 0 amide bonds. The minimum Gasteiger partial charge on any atom is -0.468 e. The third kappa shape index (κ3) is 4.70. The molecule has 2 heterocycles. The lowest BCUT2D eigenvalue weighted by atomic mass is 10.2. The van der Waals surface area contributed by atoms with Gasteiger partial charge in [-0.05, 0) is 30.7 Å². The highest BCUT2D eigenvalue weighted by Gasteiger charge is 2.31. The van der Waals surface area contributed by atoms with Crippen LogP contribution in [-0.2, 0) is 11.9 Å². The third-order valence-electron chi connectivity index (χ3n) is 2.63. The Morgan fingerprint density at radius 3 is 2.76 bits per heavy atom. The van der Waals surface area contributed by atoms with Crippen LogP contribution in [0.15, 0.2) is 40.0 Å². The summed E-state index contributed by atoms with van der Waals surface area (Å²) < 4.78 is 43.9. The van der Waals surface area contributed by atoms with E-state index in [4.69, 9.17) is 4.42 Å². The van der Waals surface area contributed by atoms with Crippen LogP contribution in [0.25, 0.3) is 0 Å². The van der Waals surface area contributed by atoms with Gasteiger partial charge in [-0.25, -0.2) is 4.98 Å². The second-order valence-electron chi connectivity index (χ2n) is 4.37. The summed E-state index contributed by atoms with van der Waals surface area (Å²) in [5.41, 5.74) is -0.696. The molecule has 114 valence electrons. The van der Waals surface area contributed by atoms with Gasteiger partial charge in [0.2, 0.25) is 0 Å². The van der Waals surface area contributed by atoms with Gasteiger partial charge >= 0.3 is 6.18 Å². The Bertz CT molecular complexity index is 570. The molecule has 0 radical (unpaired) electrons. The van der Waals surface area contributed by atoms with Gasteiger partial charge in [-0.1, -0.05) is 18.7 Å². The lowest BCUT2D eigenvalue weighted by Crippen LogP contribution is -2.09. The standard InChI is InChI=1S/C14H15F3N2OS/c1-2-5-18-12-7-10(14(15,16)17)8-13(19-12)21-9-11-4-3-6-20-11/h3-4,6-8H,2,5,9H2,1H3,(H,18,19). The van der Waals surface area contributed by atoms with Crippen LogP contribution in [0.2, 0.25) is 0 Å². The smallest absolute Gasteiger partial charge is 0.416 e. The van der Waals surface area contributed by atoms with Crippen molar-refractivity contribution in [2.45, 2.75) is 30.3 Å². The average molecular weight is 316 g/mol. The van der Waals surface area contributed by atoms with Crippen LogP contribution in [0.5, 0.6) is 0 Å². The van der Waals surface area contributed by atoms with Crippen molar-refractivity contribution >= 4 is 17.6 Å². The van der Waals surface area contributed by atoms with Crippen LogP contribution in [0.1, 0.15) is 24.7 Å². The number of anilines is 1. The second-order valence-corrected chi connectivity index (χ2v) is 5.37. The van der Waals surface area contributed by atoms with Crippen LogP contribution in [-0.4, -0.2) is 11.5 Å². The number of pyridine rings is 1. The van der Waals surface area contributed by atoms with E-state index in [0.29, 0.717) is 23.1 Å². The summed E-state index contributed by atoms with van der Waals surface area (Å²) in [5, 5.41) is 3.21. The van der Waals surface area contributed by atoms with Crippen molar-refractivity contribution in [3.8, 4) is 0 Å². The van der Waals surface area contributed by atoms with Gasteiger partial charge in [-0.2, -0.15) is 13.2 Å². The molecule has 0 spiro atoms. The second kappa shape index (κ2) is 6.89. The summed E-state index contributed by atoms with van der Waals surface area (Å²) >= 11 is 1.21.